The fourth-order valence-electron chi connectivity index (χ4n) is 2.33. The van der Waals surface area contributed by atoms with Gasteiger partial charge in [0.1, 0.15) is 11.3 Å². The van der Waals surface area contributed by atoms with Gasteiger partial charge < -0.3 is 0 Å². The molecule has 0 aromatic carbocycles. The van der Waals surface area contributed by atoms with Crippen molar-refractivity contribution >= 4 is 23.1 Å². The molecule has 0 saturated heterocycles. The SMILES string of the molecule is CCCCCCCCCCCCSc1sc[n+](C)c1C. The molecule has 0 bridgehead atoms. The van der Waals surface area contributed by atoms with Gasteiger partial charge in [0, 0.05) is 6.92 Å². The van der Waals surface area contributed by atoms with Crippen LogP contribution in [0.25, 0.3) is 0 Å². The topological polar surface area (TPSA) is 3.88 Å². The summed E-state index contributed by atoms with van der Waals surface area (Å²) in [5.74, 6) is 1.29. The Kier molecular flexibility index (Phi) is 10.5. The largest absolute Gasteiger partial charge is 0.225 e. The van der Waals surface area contributed by atoms with Crippen molar-refractivity contribution < 1.29 is 4.57 Å². The van der Waals surface area contributed by atoms with Crippen molar-refractivity contribution in [1.29, 1.82) is 0 Å². The second-order valence-electron chi connectivity index (χ2n) is 5.74. The molecule has 0 aliphatic rings. The highest BCUT2D eigenvalue weighted by atomic mass is 32.2. The summed E-state index contributed by atoms with van der Waals surface area (Å²) in [7, 11) is 2.14. The number of aryl methyl sites for hydroxylation is 1. The lowest BCUT2D eigenvalue weighted by Gasteiger charge is -2.02. The molecule has 0 aliphatic carbocycles. The Morgan fingerprint density at radius 1 is 0.950 bits per heavy atom. The van der Waals surface area contributed by atoms with Crippen molar-refractivity contribution in [1.82, 2.24) is 0 Å². The molecule has 0 atom stereocenters. The lowest BCUT2D eigenvalue weighted by atomic mass is 10.1. The molecule has 3 heteroatoms. The highest BCUT2D eigenvalue weighted by molar-refractivity contribution is 8.01. The van der Waals surface area contributed by atoms with Crippen LogP contribution in [0.5, 0.6) is 0 Å². The summed E-state index contributed by atoms with van der Waals surface area (Å²) in [6, 6.07) is 0. The molecule has 1 heterocycles. The van der Waals surface area contributed by atoms with Crippen molar-refractivity contribution in [2.24, 2.45) is 7.05 Å². The van der Waals surface area contributed by atoms with E-state index in [4.69, 9.17) is 0 Å². The third-order valence-corrected chi connectivity index (χ3v) is 6.50. The minimum absolute atomic E-state index is 1.29. The van der Waals surface area contributed by atoms with Gasteiger partial charge in [-0.25, -0.2) is 0 Å². The zero-order valence-electron chi connectivity index (χ0n) is 13.6. The van der Waals surface area contributed by atoms with Crippen LogP contribution in [0.4, 0.5) is 0 Å². The molecule has 1 rings (SSSR count). The van der Waals surface area contributed by atoms with Crippen LogP contribution in [0, 0.1) is 6.92 Å². The molecule has 0 aliphatic heterocycles. The summed E-state index contributed by atoms with van der Waals surface area (Å²) in [6.45, 7) is 4.51. The predicted molar refractivity (Wildman–Crippen MR) is 92.8 cm³/mol. The van der Waals surface area contributed by atoms with E-state index >= 15 is 0 Å². The Balaban J connectivity index is 1.87. The number of rotatable bonds is 12. The average molecular weight is 315 g/mol. The molecular weight excluding hydrogens is 282 g/mol. The number of thioether (sulfide) groups is 1. The van der Waals surface area contributed by atoms with E-state index < -0.39 is 0 Å². The Morgan fingerprint density at radius 3 is 2.00 bits per heavy atom. The predicted octanol–water partition coefficient (Wildman–Crippen LogP) is 5.89. The molecule has 0 spiro atoms. The van der Waals surface area contributed by atoms with Crippen molar-refractivity contribution in [2.75, 3.05) is 5.75 Å². The van der Waals surface area contributed by atoms with E-state index in [0.717, 1.165) is 0 Å². The Hall–Kier alpha value is -0.0200. The van der Waals surface area contributed by atoms with Gasteiger partial charge in [-0.3, -0.25) is 0 Å². The quantitative estimate of drug-likeness (QED) is 0.264. The van der Waals surface area contributed by atoms with Crippen LogP contribution in [0.2, 0.25) is 0 Å². The third-order valence-electron chi connectivity index (χ3n) is 3.87. The number of hydrogen-bond donors (Lipinski definition) is 0. The zero-order valence-corrected chi connectivity index (χ0v) is 15.3. The number of aromatic nitrogens is 1. The van der Waals surface area contributed by atoms with Crippen molar-refractivity contribution in [2.45, 2.75) is 82.3 Å². The van der Waals surface area contributed by atoms with E-state index in [9.17, 15) is 0 Å². The van der Waals surface area contributed by atoms with Gasteiger partial charge in [-0.05, 0) is 12.2 Å². The van der Waals surface area contributed by atoms with E-state index in [1.54, 1.807) is 0 Å². The molecule has 1 aromatic rings. The summed E-state index contributed by atoms with van der Waals surface area (Å²) < 4.78 is 3.73. The minimum atomic E-state index is 1.29. The Labute approximate surface area is 134 Å². The summed E-state index contributed by atoms with van der Waals surface area (Å²) in [6.07, 6.45) is 14.3. The first-order valence-corrected chi connectivity index (χ1v) is 10.2. The highest BCUT2D eigenvalue weighted by Gasteiger charge is 2.10. The number of unbranched alkanes of at least 4 members (excludes halogenated alkanes) is 9. The van der Waals surface area contributed by atoms with E-state index in [1.807, 2.05) is 23.1 Å². The van der Waals surface area contributed by atoms with Gasteiger partial charge in [-0.1, -0.05) is 76.0 Å². The van der Waals surface area contributed by atoms with E-state index in [2.05, 4.69) is 31.0 Å². The average Bonchev–Trinajstić information content (AvgIpc) is 2.76. The molecule has 0 unspecified atom stereocenters. The summed E-state index contributed by atoms with van der Waals surface area (Å²) in [4.78, 5) is 0. The van der Waals surface area contributed by atoms with Crippen molar-refractivity contribution in [3.8, 4) is 0 Å². The van der Waals surface area contributed by atoms with Gasteiger partial charge in [0.2, 0.25) is 11.2 Å². The molecule has 0 N–H and O–H groups in total. The van der Waals surface area contributed by atoms with Gasteiger partial charge in [-0.15, -0.1) is 11.8 Å². The molecule has 20 heavy (non-hydrogen) atoms. The summed E-state index contributed by atoms with van der Waals surface area (Å²) in [5.41, 5.74) is 3.63. The minimum Gasteiger partial charge on any atom is -0.195 e. The smallest absolute Gasteiger partial charge is 0.195 e. The Morgan fingerprint density at radius 2 is 1.50 bits per heavy atom. The van der Waals surface area contributed by atoms with Crippen LogP contribution < -0.4 is 4.57 Å². The van der Waals surface area contributed by atoms with E-state index in [1.165, 1.54) is 79.9 Å². The Bertz CT molecular complexity index is 347. The third kappa shape index (κ3) is 7.68. The van der Waals surface area contributed by atoms with E-state index in [-0.39, 0.29) is 0 Å². The van der Waals surface area contributed by atoms with Crippen LogP contribution in [0.1, 0.15) is 76.8 Å². The standard InChI is InChI=1S/C17H32NS2/c1-4-5-6-7-8-9-10-11-12-13-14-19-17-16(2)18(3)15-20-17/h15H,4-14H2,1-3H3/q+1. The molecule has 116 valence electrons. The summed E-state index contributed by atoms with van der Waals surface area (Å²) in [5, 5.41) is 0. The highest BCUT2D eigenvalue weighted by Crippen LogP contribution is 2.26. The molecule has 1 aromatic heterocycles. The van der Waals surface area contributed by atoms with Gasteiger partial charge in [-0.2, -0.15) is 4.57 Å². The van der Waals surface area contributed by atoms with Crippen LogP contribution in [-0.4, -0.2) is 5.75 Å². The fourth-order valence-corrected chi connectivity index (χ4v) is 4.59. The van der Waals surface area contributed by atoms with Crippen LogP contribution in [0.3, 0.4) is 0 Å². The zero-order chi connectivity index (χ0) is 14.6. The van der Waals surface area contributed by atoms with Gasteiger partial charge in [0.05, 0.1) is 0 Å². The number of thiazole rings is 1. The first-order chi connectivity index (χ1) is 9.75. The van der Waals surface area contributed by atoms with Crippen LogP contribution >= 0.6 is 23.1 Å². The summed E-state index contributed by atoms with van der Waals surface area (Å²) >= 11 is 3.93. The first-order valence-electron chi connectivity index (χ1n) is 8.32. The van der Waals surface area contributed by atoms with Crippen LogP contribution in [0.15, 0.2) is 9.72 Å². The molecule has 0 fully saturated rings. The van der Waals surface area contributed by atoms with Gasteiger partial charge in [0.25, 0.3) is 0 Å². The normalized spacial score (nSPS) is 11.2. The molecule has 0 saturated carbocycles. The lowest BCUT2D eigenvalue weighted by Crippen LogP contribution is -2.27. The number of hydrogen-bond acceptors (Lipinski definition) is 2. The first kappa shape index (κ1) is 18.0. The lowest BCUT2D eigenvalue weighted by molar-refractivity contribution is -0.674. The fraction of sp³-hybridized carbons (Fsp3) is 0.824. The molecule has 0 radical (unpaired) electrons. The second kappa shape index (κ2) is 11.6. The van der Waals surface area contributed by atoms with E-state index in [0.29, 0.717) is 0 Å². The maximum Gasteiger partial charge on any atom is 0.225 e. The number of nitrogens with zero attached hydrogens (tertiary/aromatic N) is 1. The second-order valence-corrected chi connectivity index (χ2v) is 7.96. The van der Waals surface area contributed by atoms with Crippen LogP contribution in [-0.2, 0) is 7.05 Å². The molecular formula is C17H32NS2+. The van der Waals surface area contributed by atoms with Crippen molar-refractivity contribution in [3.05, 3.63) is 11.2 Å². The maximum absolute atomic E-state index is 2.29. The maximum atomic E-state index is 2.29. The monoisotopic (exact) mass is 314 g/mol. The van der Waals surface area contributed by atoms with Crippen molar-refractivity contribution in [3.63, 3.8) is 0 Å². The van der Waals surface area contributed by atoms with Gasteiger partial charge >= 0.3 is 0 Å². The molecule has 1 nitrogen and oxygen atoms in total. The van der Waals surface area contributed by atoms with Gasteiger partial charge in [0.15, 0.2) is 0 Å². The molecule has 0 amide bonds.